The van der Waals surface area contributed by atoms with Crippen molar-refractivity contribution in [2.24, 2.45) is 11.7 Å². The van der Waals surface area contributed by atoms with Crippen molar-refractivity contribution in [2.75, 3.05) is 13.2 Å². The van der Waals surface area contributed by atoms with Gasteiger partial charge in [-0.25, -0.2) is 13.1 Å². The Morgan fingerprint density at radius 3 is 2.81 bits per heavy atom. The largest absolute Gasteiger partial charge is 0.381 e. The molecule has 0 saturated carbocycles. The number of ether oxygens (including phenoxy) is 1. The van der Waals surface area contributed by atoms with E-state index < -0.39 is 10.0 Å². The van der Waals surface area contributed by atoms with E-state index in [0.717, 1.165) is 16.5 Å². The van der Waals surface area contributed by atoms with Crippen LogP contribution in [0, 0.1) is 12.8 Å². The molecule has 118 valence electrons. The molecule has 7 heteroatoms. The lowest BCUT2D eigenvalue weighted by molar-refractivity contribution is 0.180. The molecule has 2 atom stereocenters. The number of rotatable bonds is 5. The van der Waals surface area contributed by atoms with Gasteiger partial charge in [-0.15, -0.1) is 0 Å². The number of hydrogen-bond acceptors (Lipinski definition) is 4. The highest BCUT2D eigenvalue weighted by atomic mass is 79.9. The average Bonchev–Trinajstić information content (AvgIpc) is 2.95. The van der Waals surface area contributed by atoms with Crippen molar-refractivity contribution in [1.82, 2.24) is 4.72 Å². The molecule has 2 unspecified atom stereocenters. The van der Waals surface area contributed by atoms with Crippen LogP contribution in [0.15, 0.2) is 21.5 Å². The molecule has 1 aliphatic rings. The predicted octanol–water partition coefficient (Wildman–Crippen LogP) is 1.92. The Balaban J connectivity index is 2.28. The second-order valence-corrected chi connectivity index (χ2v) is 7.98. The van der Waals surface area contributed by atoms with Crippen LogP contribution in [0.2, 0.25) is 0 Å². The highest BCUT2D eigenvalue weighted by Gasteiger charge is 2.28. The molecule has 0 amide bonds. The molecular formula is C14H21BrN2O3S. The number of benzene rings is 1. The van der Waals surface area contributed by atoms with Gasteiger partial charge in [0.25, 0.3) is 0 Å². The highest BCUT2D eigenvalue weighted by molar-refractivity contribution is 9.10. The lowest BCUT2D eigenvalue weighted by Gasteiger charge is -2.20. The Morgan fingerprint density at radius 2 is 2.24 bits per heavy atom. The predicted molar refractivity (Wildman–Crippen MR) is 85.5 cm³/mol. The fraction of sp³-hybridized carbons (Fsp3) is 0.571. The molecule has 1 heterocycles. The molecule has 0 aromatic heterocycles. The van der Waals surface area contributed by atoms with Gasteiger partial charge in [0.2, 0.25) is 10.0 Å². The minimum atomic E-state index is -3.57. The van der Waals surface area contributed by atoms with Gasteiger partial charge < -0.3 is 10.5 Å². The first-order valence-electron chi connectivity index (χ1n) is 6.94. The normalized spacial score (nSPS) is 20.7. The summed E-state index contributed by atoms with van der Waals surface area (Å²) in [5.41, 5.74) is 7.10. The first-order chi connectivity index (χ1) is 9.85. The summed E-state index contributed by atoms with van der Waals surface area (Å²) < 4.78 is 34.1. The SMILES string of the molecule is Cc1c(Br)cc(CN)cc1S(=O)(=O)NC(C)C1CCOC1. The van der Waals surface area contributed by atoms with Crippen LogP contribution in [0.5, 0.6) is 0 Å². The molecule has 1 aromatic carbocycles. The molecule has 21 heavy (non-hydrogen) atoms. The third-order valence-electron chi connectivity index (χ3n) is 3.89. The number of halogens is 1. The zero-order valence-corrected chi connectivity index (χ0v) is 14.6. The minimum Gasteiger partial charge on any atom is -0.381 e. The van der Waals surface area contributed by atoms with E-state index in [1.165, 1.54) is 0 Å². The summed E-state index contributed by atoms with van der Waals surface area (Å²) in [5, 5.41) is 0. The van der Waals surface area contributed by atoms with Crippen LogP contribution >= 0.6 is 15.9 Å². The standard InChI is InChI=1S/C14H21BrN2O3S/c1-9-13(15)5-11(7-16)6-14(9)21(18,19)17-10(2)12-3-4-20-8-12/h5-6,10,12,17H,3-4,7-8,16H2,1-2H3. The zero-order valence-electron chi connectivity index (χ0n) is 12.2. The van der Waals surface area contributed by atoms with Gasteiger partial charge in [0, 0.05) is 29.6 Å². The van der Waals surface area contributed by atoms with Gasteiger partial charge in [-0.1, -0.05) is 15.9 Å². The number of nitrogens with two attached hydrogens (primary N) is 1. The van der Waals surface area contributed by atoms with Crippen LogP contribution in [-0.2, 0) is 21.3 Å². The van der Waals surface area contributed by atoms with Crippen molar-refractivity contribution >= 4 is 26.0 Å². The zero-order chi connectivity index (χ0) is 15.6. The summed E-state index contributed by atoms with van der Waals surface area (Å²) in [6, 6.07) is 3.33. The monoisotopic (exact) mass is 376 g/mol. The van der Waals surface area contributed by atoms with Crippen LogP contribution in [0.4, 0.5) is 0 Å². The topological polar surface area (TPSA) is 81.4 Å². The van der Waals surface area contributed by atoms with Crippen LogP contribution in [-0.4, -0.2) is 27.7 Å². The van der Waals surface area contributed by atoms with Gasteiger partial charge in [0.1, 0.15) is 0 Å². The molecule has 0 spiro atoms. The first kappa shape index (κ1) is 16.9. The molecule has 1 saturated heterocycles. The van der Waals surface area contributed by atoms with E-state index in [9.17, 15) is 8.42 Å². The fourth-order valence-corrected chi connectivity index (χ4v) is 4.72. The second kappa shape index (κ2) is 6.75. The van der Waals surface area contributed by atoms with Crippen molar-refractivity contribution in [3.05, 3.63) is 27.7 Å². The summed E-state index contributed by atoms with van der Waals surface area (Å²) >= 11 is 3.39. The van der Waals surface area contributed by atoms with Crippen molar-refractivity contribution in [1.29, 1.82) is 0 Å². The van der Waals surface area contributed by atoms with Crippen LogP contribution < -0.4 is 10.5 Å². The number of nitrogens with one attached hydrogen (secondary N) is 1. The van der Waals surface area contributed by atoms with Crippen molar-refractivity contribution < 1.29 is 13.2 Å². The Labute approximate surface area is 134 Å². The number of sulfonamides is 1. The van der Waals surface area contributed by atoms with Crippen molar-refractivity contribution in [3.8, 4) is 0 Å². The maximum absolute atomic E-state index is 12.6. The van der Waals surface area contributed by atoms with E-state index in [-0.39, 0.29) is 16.9 Å². The van der Waals surface area contributed by atoms with Crippen LogP contribution in [0.25, 0.3) is 0 Å². The Hall–Kier alpha value is -0.470. The third-order valence-corrected chi connectivity index (χ3v) is 6.40. The Kier molecular flexibility index (Phi) is 5.43. The van der Waals surface area contributed by atoms with E-state index >= 15 is 0 Å². The fourth-order valence-electron chi connectivity index (χ4n) is 2.46. The average molecular weight is 377 g/mol. The molecule has 1 fully saturated rings. The summed E-state index contributed by atoms with van der Waals surface area (Å²) in [4.78, 5) is 0.281. The van der Waals surface area contributed by atoms with E-state index in [0.29, 0.717) is 25.3 Å². The smallest absolute Gasteiger partial charge is 0.241 e. The van der Waals surface area contributed by atoms with Gasteiger partial charge in [0.05, 0.1) is 11.5 Å². The quantitative estimate of drug-likeness (QED) is 0.822. The van der Waals surface area contributed by atoms with E-state index in [2.05, 4.69) is 20.7 Å². The number of hydrogen-bond donors (Lipinski definition) is 2. The van der Waals surface area contributed by atoms with E-state index in [4.69, 9.17) is 10.5 Å². The maximum atomic E-state index is 12.6. The van der Waals surface area contributed by atoms with Crippen LogP contribution in [0.1, 0.15) is 24.5 Å². The molecule has 0 aliphatic carbocycles. The second-order valence-electron chi connectivity index (χ2n) is 5.44. The summed E-state index contributed by atoms with van der Waals surface area (Å²) in [5.74, 6) is 0.223. The van der Waals surface area contributed by atoms with Gasteiger partial charge in [0.15, 0.2) is 0 Å². The molecule has 2 rings (SSSR count). The van der Waals surface area contributed by atoms with Gasteiger partial charge in [-0.3, -0.25) is 0 Å². The van der Waals surface area contributed by atoms with Crippen molar-refractivity contribution in [2.45, 2.75) is 37.8 Å². The van der Waals surface area contributed by atoms with E-state index in [1.807, 2.05) is 13.0 Å². The molecule has 0 radical (unpaired) electrons. The molecular weight excluding hydrogens is 356 g/mol. The van der Waals surface area contributed by atoms with Gasteiger partial charge in [-0.2, -0.15) is 0 Å². The Morgan fingerprint density at radius 1 is 1.52 bits per heavy atom. The lowest BCUT2D eigenvalue weighted by Crippen LogP contribution is -2.38. The van der Waals surface area contributed by atoms with Gasteiger partial charge in [-0.05, 0) is 43.5 Å². The molecule has 5 nitrogen and oxygen atoms in total. The Bertz CT molecular complexity index is 613. The third kappa shape index (κ3) is 3.84. The summed E-state index contributed by atoms with van der Waals surface area (Å²) in [6.45, 7) is 5.27. The molecule has 1 aromatic rings. The molecule has 1 aliphatic heterocycles. The summed E-state index contributed by atoms with van der Waals surface area (Å²) in [7, 11) is -3.57. The lowest BCUT2D eigenvalue weighted by atomic mass is 10.0. The van der Waals surface area contributed by atoms with Crippen LogP contribution in [0.3, 0.4) is 0 Å². The highest BCUT2D eigenvalue weighted by Crippen LogP contribution is 2.27. The van der Waals surface area contributed by atoms with Crippen molar-refractivity contribution in [3.63, 3.8) is 0 Å². The maximum Gasteiger partial charge on any atom is 0.241 e. The molecule has 0 bridgehead atoms. The van der Waals surface area contributed by atoms with E-state index in [1.54, 1.807) is 13.0 Å². The van der Waals surface area contributed by atoms with Gasteiger partial charge >= 0.3 is 0 Å². The molecule has 3 N–H and O–H groups in total. The summed E-state index contributed by atoms with van der Waals surface area (Å²) in [6.07, 6.45) is 0.884. The first-order valence-corrected chi connectivity index (χ1v) is 9.22. The minimum absolute atomic E-state index is 0.155.